The summed E-state index contributed by atoms with van der Waals surface area (Å²) in [5.74, 6) is -1.33. The number of halogens is 1. The molecule has 5 heteroatoms. The van der Waals surface area contributed by atoms with Gasteiger partial charge in [0.1, 0.15) is 0 Å². The van der Waals surface area contributed by atoms with Gasteiger partial charge in [0.15, 0.2) is 0 Å². The van der Waals surface area contributed by atoms with Crippen LogP contribution < -0.4 is 10.6 Å². The number of nitrogens with one attached hydrogen (secondary N) is 2. The summed E-state index contributed by atoms with van der Waals surface area (Å²) in [7, 11) is 0. The minimum Gasteiger partial charge on any atom is -0.348 e. The zero-order valence-electron chi connectivity index (χ0n) is 8.21. The number of carbonyl (C=O) groups excluding carboxylic acids is 2. The van der Waals surface area contributed by atoms with E-state index in [4.69, 9.17) is 11.6 Å². The quantitative estimate of drug-likeness (QED) is 0.750. The van der Waals surface area contributed by atoms with Crippen LogP contribution in [0.25, 0.3) is 0 Å². The molecule has 1 rings (SSSR count). The number of hydrogen-bond donors (Lipinski definition) is 2. The highest BCUT2D eigenvalue weighted by atomic mass is 35.5. The van der Waals surface area contributed by atoms with Gasteiger partial charge in [-0.1, -0.05) is 11.6 Å². The summed E-state index contributed by atoms with van der Waals surface area (Å²) < 4.78 is 0. The first-order valence-electron chi connectivity index (χ1n) is 4.48. The molecule has 80 valence electrons. The molecule has 0 radical (unpaired) electrons. The largest absolute Gasteiger partial charge is 0.348 e. The standard InChI is InChI=1S/C10H11ClN2O2/c1-2-12-9(14)10(15)13-8-5-3-7(11)4-6-8/h3-6H,2H2,1H3,(H,12,14)(H,13,15). The Labute approximate surface area is 92.6 Å². The number of likely N-dealkylation sites (N-methyl/N-ethyl adjacent to an activating group) is 1. The molecule has 2 N–H and O–H groups in total. The van der Waals surface area contributed by atoms with Crippen LogP contribution in [-0.4, -0.2) is 18.4 Å². The third-order valence-electron chi connectivity index (χ3n) is 1.65. The lowest BCUT2D eigenvalue weighted by Crippen LogP contribution is -2.35. The minimum absolute atomic E-state index is 0.423. The average Bonchev–Trinajstić information content (AvgIpc) is 2.22. The predicted molar refractivity (Wildman–Crippen MR) is 58.8 cm³/mol. The zero-order valence-corrected chi connectivity index (χ0v) is 8.97. The molecular formula is C10H11ClN2O2. The van der Waals surface area contributed by atoms with Gasteiger partial charge in [-0.05, 0) is 31.2 Å². The van der Waals surface area contributed by atoms with E-state index in [0.29, 0.717) is 17.3 Å². The lowest BCUT2D eigenvalue weighted by atomic mass is 10.3. The van der Waals surface area contributed by atoms with Crippen LogP contribution in [0.15, 0.2) is 24.3 Å². The van der Waals surface area contributed by atoms with Gasteiger partial charge in [-0.15, -0.1) is 0 Å². The Morgan fingerprint density at radius 3 is 2.33 bits per heavy atom. The van der Waals surface area contributed by atoms with Gasteiger partial charge in [0, 0.05) is 17.3 Å². The number of rotatable bonds is 2. The Balaban J connectivity index is 2.58. The molecule has 0 fully saturated rings. The van der Waals surface area contributed by atoms with E-state index >= 15 is 0 Å². The van der Waals surface area contributed by atoms with Crippen molar-refractivity contribution in [2.24, 2.45) is 0 Å². The normalized spacial score (nSPS) is 9.47. The van der Waals surface area contributed by atoms with Crippen molar-refractivity contribution in [3.8, 4) is 0 Å². The fourth-order valence-electron chi connectivity index (χ4n) is 0.962. The van der Waals surface area contributed by atoms with Gasteiger partial charge in [0.2, 0.25) is 0 Å². The zero-order chi connectivity index (χ0) is 11.3. The van der Waals surface area contributed by atoms with Crippen LogP contribution in [0.3, 0.4) is 0 Å². The molecule has 0 saturated carbocycles. The first-order valence-corrected chi connectivity index (χ1v) is 4.86. The van der Waals surface area contributed by atoms with E-state index in [1.165, 1.54) is 0 Å². The average molecular weight is 227 g/mol. The Bertz CT molecular complexity index is 362. The maximum Gasteiger partial charge on any atom is 0.313 e. The van der Waals surface area contributed by atoms with Crippen molar-refractivity contribution in [1.82, 2.24) is 5.32 Å². The van der Waals surface area contributed by atoms with E-state index in [2.05, 4.69) is 10.6 Å². The van der Waals surface area contributed by atoms with Crippen LogP contribution in [0.1, 0.15) is 6.92 Å². The summed E-state index contributed by atoms with van der Waals surface area (Å²) >= 11 is 5.67. The van der Waals surface area contributed by atoms with Crippen LogP contribution in [-0.2, 0) is 9.59 Å². The molecule has 0 aromatic heterocycles. The summed E-state index contributed by atoms with van der Waals surface area (Å²) in [6.07, 6.45) is 0. The highest BCUT2D eigenvalue weighted by Gasteiger charge is 2.11. The molecule has 0 saturated heterocycles. The van der Waals surface area contributed by atoms with Crippen LogP contribution in [0.2, 0.25) is 5.02 Å². The molecule has 4 nitrogen and oxygen atoms in total. The summed E-state index contributed by atoms with van der Waals surface area (Å²) in [5, 5.41) is 5.42. The molecule has 0 atom stereocenters. The van der Waals surface area contributed by atoms with Crippen LogP contribution in [0, 0.1) is 0 Å². The van der Waals surface area contributed by atoms with E-state index in [9.17, 15) is 9.59 Å². The molecule has 0 aliphatic rings. The van der Waals surface area contributed by atoms with E-state index in [0.717, 1.165) is 0 Å². The van der Waals surface area contributed by atoms with Gasteiger partial charge in [0.25, 0.3) is 0 Å². The lowest BCUT2D eigenvalue weighted by molar-refractivity contribution is -0.136. The maximum absolute atomic E-state index is 11.2. The van der Waals surface area contributed by atoms with Gasteiger partial charge in [-0.2, -0.15) is 0 Å². The monoisotopic (exact) mass is 226 g/mol. The first-order chi connectivity index (χ1) is 7.13. The Hall–Kier alpha value is -1.55. The van der Waals surface area contributed by atoms with Crippen LogP contribution in [0.5, 0.6) is 0 Å². The summed E-state index contributed by atoms with van der Waals surface area (Å²) in [5.41, 5.74) is 0.538. The Morgan fingerprint density at radius 1 is 1.20 bits per heavy atom. The van der Waals surface area contributed by atoms with Gasteiger partial charge < -0.3 is 10.6 Å². The first kappa shape index (κ1) is 11.5. The molecule has 0 bridgehead atoms. The molecule has 0 heterocycles. The fourth-order valence-corrected chi connectivity index (χ4v) is 1.09. The van der Waals surface area contributed by atoms with Gasteiger partial charge in [0.05, 0.1) is 0 Å². The fraction of sp³-hybridized carbons (Fsp3) is 0.200. The van der Waals surface area contributed by atoms with Gasteiger partial charge in [-0.25, -0.2) is 0 Å². The molecule has 1 aromatic rings. The van der Waals surface area contributed by atoms with Crippen LogP contribution in [0.4, 0.5) is 5.69 Å². The molecule has 0 aliphatic carbocycles. The maximum atomic E-state index is 11.2. The highest BCUT2D eigenvalue weighted by Crippen LogP contribution is 2.12. The third-order valence-corrected chi connectivity index (χ3v) is 1.90. The lowest BCUT2D eigenvalue weighted by Gasteiger charge is -2.04. The minimum atomic E-state index is -0.681. The topological polar surface area (TPSA) is 58.2 Å². The summed E-state index contributed by atoms with van der Waals surface area (Å²) in [6.45, 7) is 2.17. The number of carbonyl (C=O) groups is 2. The molecule has 0 unspecified atom stereocenters. The van der Waals surface area contributed by atoms with Gasteiger partial charge >= 0.3 is 11.8 Å². The number of amides is 2. The molecule has 1 aromatic carbocycles. The number of hydrogen-bond acceptors (Lipinski definition) is 2. The predicted octanol–water partition coefficient (Wildman–Crippen LogP) is 1.41. The van der Waals surface area contributed by atoms with E-state index < -0.39 is 11.8 Å². The SMILES string of the molecule is CCNC(=O)C(=O)Nc1ccc(Cl)cc1. The van der Waals surface area contributed by atoms with Crippen LogP contribution >= 0.6 is 11.6 Å². The molecule has 2 amide bonds. The van der Waals surface area contributed by atoms with Crippen molar-refractivity contribution in [3.63, 3.8) is 0 Å². The molecule has 15 heavy (non-hydrogen) atoms. The Kier molecular flexibility index (Phi) is 4.12. The second kappa shape index (κ2) is 5.36. The Morgan fingerprint density at radius 2 is 1.80 bits per heavy atom. The van der Waals surface area contributed by atoms with E-state index in [1.54, 1.807) is 31.2 Å². The summed E-state index contributed by atoms with van der Waals surface area (Å²) in [6, 6.07) is 6.52. The van der Waals surface area contributed by atoms with Crippen molar-refractivity contribution in [1.29, 1.82) is 0 Å². The van der Waals surface area contributed by atoms with Crippen molar-refractivity contribution < 1.29 is 9.59 Å². The second-order valence-electron chi connectivity index (χ2n) is 2.82. The van der Waals surface area contributed by atoms with E-state index in [-0.39, 0.29) is 0 Å². The molecule has 0 spiro atoms. The second-order valence-corrected chi connectivity index (χ2v) is 3.26. The van der Waals surface area contributed by atoms with Crippen molar-refractivity contribution in [2.75, 3.05) is 11.9 Å². The van der Waals surface area contributed by atoms with E-state index in [1.807, 2.05) is 0 Å². The highest BCUT2D eigenvalue weighted by molar-refractivity contribution is 6.39. The van der Waals surface area contributed by atoms with Crippen molar-refractivity contribution in [3.05, 3.63) is 29.3 Å². The third kappa shape index (κ3) is 3.59. The number of anilines is 1. The smallest absolute Gasteiger partial charge is 0.313 e. The summed E-state index contributed by atoms with van der Waals surface area (Å²) in [4.78, 5) is 22.3. The van der Waals surface area contributed by atoms with Crippen molar-refractivity contribution >= 4 is 29.1 Å². The van der Waals surface area contributed by atoms with Gasteiger partial charge in [-0.3, -0.25) is 9.59 Å². The number of benzene rings is 1. The molecular weight excluding hydrogens is 216 g/mol. The van der Waals surface area contributed by atoms with Crippen molar-refractivity contribution in [2.45, 2.75) is 6.92 Å². The molecule has 0 aliphatic heterocycles.